The molecule has 0 aromatic carbocycles. The second kappa shape index (κ2) is 37.9. The molecule has 0 saturated heterocycles. The Morgan fingerprint density at radius 2 is 0.780 bits per heavy atom. The summed E-state index contributed by atoms with van der Waals surface area (Å²) in [6, 6.07) is 0. The van der Waals surface area contributed by atoms with Gasteiger partial charge < -0.3 is 19.3 Å². The fraction of sp³-hybridized carbons (Fsp3) is 0.857. The Balaban J connectivity index is 4.08. The van der Waals surface area contributed by atoms with Crippen molar-refractivity contribution in [3.63, 3.8) is 0 Å². The van der Waals surface area contributed by atoms with Gasteiger partial charge in [-0.2, -0.15) is 0 Å². The van der Waals surface area contributed by atoms with Gasteiger partial charge in [-0.1, -0.05) is 167 Å². The minimum Gasteiger partial charge on any atom is -0.481 e. The average Bonchev–Trinajstić information content (AvgIpc) is 3.09. The lowest BCUT2D eigenvalue weighted by molar-refractivity contribution is -0.200. The number of hydrogen-bond donors (Lipinski definition) is 1. The molecule has 1 atom stereocenters. The summed E-state index contributed by atoms with van der Waals surface area (Å²) in [6.45, 7) is 4.10. The van der Waals surface area contributed by atoms with E-state index in [1.165, 1.54) is 116 Å². The van der Waals surface area contributed by atoms with E-state index in [2.05, 4.69) is 26.0 Å². The van der Waals surface area contributed by atoms with Gasteiger partial charge in [0, 0.05) is 12.8 Å². The molecule has 0 spiro atoms. The fourth-order valence-electron chi connectivity index (χ4n) is 5.93. The minimum absolute atomic E-state index is 0.185. The van der Waals surface area contributed by atoms with Gasteiger partial charge in [0.15, 0.2) is 6.61 Å². The summed E-state index contributed by atoms with van der Waals surface area (Å²) in [4.78, 5) is 47.7. The Labute approximate surface area is 306 Å². The van der Waals surface area contributed by atoms with E-state index < -0.39 is 43.2 Å². The number of esters is 3. The maximum Gasteiger partial charge on any atom is 0.309 e. The van der Waals surface area contributed by atoms with Gasteiger partial charge in [0.05, 0.1) is 12.8 Å². The molecule has 0 heterocycles. The van der Waals surface area contributed by atoms with Crippen LogP contribution in [-0.4, -0.2) is 41.9 Å². The number of carboxylic acid groups (broad SMARTS) is 1. The topological polar surface area (TPSA) is 116 Å². The Hall–Kier alpha value is -2.38. The van der Waals surface area contributed by atoms with E-state index in [0.717, 1.165) is 51.4 Å². The number of carbonyl (C=O) groups excluding carboxylic acids is 3. The fourth-order valence-corrected chi connectivity index (χ4v) is 5.93. The summed E-state index contributed by atoms with van der Waals surface area (Å²) < 4.78 is 15.7. The first kappa shape index (κ1) is 47.6. The van der Waals surface area contributed by atoms with E-state index in [9.17, 15) is 19.2 Å². The van der Waals surface area contributed by atoms with Crippen LogP contribution < -0.4 is 0 Å². The van der Waals surface area contributed by atoms with E-state index in [1.807, 2.05) is 0 Å². The third-order valence-corrected chi connectivity index (χ3v) is 9.08. The molecule has 0 bridgehead atoms. The first-order valence-electron chi connectivity index (χ1n) is 20.8. The predicted molar refractivity (Wildman–Crippen MR) is 203 cm³/mol. The summed E-state index contributed by atoms with van der Waals surface area (Å²) in [5, 5.41) is 8.85. The molecule has 8 heteroatoms. The monoisotopic (exact) mass is 709 g/mol. The molecule has 1 N–H and O–H groups in total. The third-order valence-electron chi connectivity index (χ3n) is 9.08. The van der Waals surface area contributed by atoms with E-state index in [4.69, 9.17) is 19.3 Å². The zero-order chi connectivity index (χ0) is 36.8. The Kier molecular flexibility index (Phi) is 36.1. The summed E-state index contributed by atoms with van der Waals surface area (Å²) in [5.41, 5.74) is 0. The maximum atomic E-state index is 12.5. The Morgan fingerprint density at radius 3 is 1.18 bits per heavy atom. The molecule has 0 aliphatic rings. The van der Waals surface area contributed by atoms with E-state index in [-0.39, 0.29) is 19.3 Å². The molecule has 0 aliphatic heterocycles. The summed E-state index contributed by atoms with van der Waals surface area (Å²) in [6.07, 6.45) is 36.5. The molecule has 0 radical (unpaired) electrons. The van der Waals surface area contributed by atoms with Crippen LogP contribution in [0.1, 0.15) is 219 Å². The smallest absolute Gasteiger partial charge is 0.309 e. The SMILES string of the molecule is CCCCCCCC/C=C\CCCCCCCC(=O)OCC(OC(=O)CCCCCCCCCCCCCCCCC)OC(=O)CCC(=O)O. The third kappa shape index (κ3) is 36.9. The molecule has 292 valence electrons. The summed E-state index contributed by atoms with van der Waals surface area (Å²) >= 11 is 0. The maximum absolute atomic E-state index is 12.5. The predicted octanol–water partition coefficient (Wildman–Crippen LogP) is 12.1. The van der Waals surface area contributed by atoms with Gasteiger partial charge in [0.2, 0.25) is 0 Å². The largest absolute Gasteiger partial charge is 0.481 e. The first-order chi connectivity index (χ1) is 24.4. The number of unbranched alkanes of at least 4 members (excludes halogenated alkanes) is 25. The summed E-state index contributed by atoms with van der Waals surface area (Å²) in [5.74, 6) is -2.91. The lowest BCUT2D eigenvalue weighted by Crippen LogP contribution is -2.30. The zero-order valence-corrected chi connectivity index (χ0v) is 32.4. The molecule has 0 saturated carbocycles. The number of allylic oxidation sites excluding steroid dienone is 2. The standard InChI is InChI=1S/C42H76O8/c1-3-5-7-9-11-13-15-17-19-21-23-25-27-29-31-33-39(45)48-37-42(50-41(47)36-35-38(43)44)49-40(46)34-32-30-28-26-24-22-20-18-16-14-12-10-8-6-4-2/h17,19,42H,3-16,18,20-37H2,1-2H3,(H,43,44)/b19-17-. The van der Waals surface area contributed by atoms with Crippen molar-refractivity contribution in [2.75, 3.05) is 6.61 Å². The second-order valence-corrected chi connectivity index (χ2v) is 14.0. The normalized spacial score (nSPS) is 11.9. The van der Waals surface area contributed by atoms with Crippen LogP contribution in [0.5, 0.6) is 0 Å². The number of ether oxygens (including phenoxy) is 3. The van der Waals surface area contributed by atoms with Gasteiger partial charge in [-0.3, -0.25) is 19.2 Å². The van der Waals surface area contributed by atoms with Gasteiger partial charge in [-0.15, -0.1) is 0 Å². The van der Waals surface area contributed by atoms with Crippen LogP contribution in [0.2, 0.25) is 0 Å². The molecule has 50 heavy (non-hydrogen) atoms. The lowest BCUT2D eigenvalue weighted by atomic mass is 10.0. The van der Waals surface area contributed by atoms with Crippen molar-refractivity contribution in [3.05, 3.63) is 12.2 Å². The highest BCUT2D eigenvalue weighted by Crippen LogP contribution is 2.15. The lowest BCUT2D eigenvalue weighted by Gasteiger charge is -2.18. The molecule has 0 aliphatic carbocycles. The van der Waals surface area contributed by atoms with Gasteiger partial charge in [0.1, 0.15) is 0 Å². The van der Waals surface area contributed by atoms with Crippen molar-refractivity contribution >= 4 is 23.9 Å². The van der Waals surface area contributed by atoms with Crippen LogP contribution in [0.25, 0.3) is 0 Å². The molecular weight excluding hydrogens is 632 g/mol. The van der Waals surface area contributed by atoms with E-state index >= 15 is 0 Å². The number of rotatable bonds is 38. The van der Waals surface area contributed by atoms with Crippen molar-refractivity contribution in [1.82, 2.24) is 0 Å². The van der Waals surface area contributed by atoms with Crippen LogP contribution in [0.15, 0.2) is 12.2 Å². The molecular formula is C42H76O8. The molecule has 0 fully saturated rings. The van der Waals surface area contributed by atoms with Gasteiger partial charge in [0.25, 0.3) is 6.29 Å². The van der Waals surface area contributed by atoms with Gasteiger partial charge >= 0.3 is 23.9 Å². The highest BCUT2D eigenvalue weighted by atomic mass is 16.7. The molecule has 0 aromatic rings. The van der Waals surface area contributed by atoms with Crippen LogP contribution in [0.3, 0.4) is 0 Å². The van der Waals surface area contributed by atoms with Crippen LogP contribution in [-0.2, 0) is 33.4 Å². The molecule has 1 unspecified atom stereocenters. The first-order valence-corrected chi connectivity index (χ1v) is 20.8. The van der Waals surface area contributed by atoms with Gasteiger partial charge in [-0.05, 0) is 38.5 Å². The average molecular weight is 709 g/mol. The van der Waals surface area contributed by atoms with Crippen molar-refractivity contribution in [2.24, 2.45) is 0 Å². The number of aliphatic carboxylic acids is 1. The Morgan fingerprint density at radius 1 is 0.440 bits per heavy atom. The van der Waals surface area contributed by atoms with E-state index in [1.54, 1.807) is 0 Å². The number of carbonyl (C=O) groups is 4. The van der Waals surface area contributed by atoms with E-state index in [0.29, 0.717) is 12.8 Å². The van der Waals surface area contributed by atoms with Gasteiger partial charge in [-0.25, -0.2) is 0 Å². The molecule has 8 nitrogen and oxygen atoms in total. The summed E-state index contributed by atoms with van der Waals surface area (Å²) in [7, 11) is 0. The highest BCUT2D eigenvalue weighted by molar-refractivity contribution is 5.77. The number of hydrogen-bond acceptors (Lipinski definition) is 7. The minimum atomic E-state index is -1.38. The Bertz CT molecular complexity index is 840. The number of carboxylic acids is 1. The van der Waals surface area contributed by atoms with Crippen molar-refractivity contribution in [2.45, 2.75) is 226 Å². The van der Waals surface area contributed by atoms with Crippen molar-refractivity contribution in [1.29, 1.82) is 0 Å². The molecule has 0 aromatic heterocycles. The van der Waals surface area contributed by atoms with Crippen LogP contribution in [0, 0.1) is 0 Å². The molecule has 0 amide bonds. The quantitative estimate of drug-likeness (QED) is 0.0291. The van der Waals surface area contributed by atoms with Crippen LogP contribution >= 0.6 is 0 Å². The van der Waals surface area contributed by atoms with Crippen LogP contribution in [0.4, 0.5) is 0 Å². The van der Waals surface area contributed by atoms with Crippen molar-refractivity contribution < 1.29 is 38.5 Å². The zero-order valence-electron chi connectivity index (χ0n) is 32.4. The van der Waals surface area contributed by atoms with Crippen molar-refractivity contribution in [3.8, 4) is 0 Å². The highest BCUT2D eigenvalue weighted by Gasteiger charge is 2.21. The second-order valence-electron chi connectivity index (χ2n) is 14.0. The molecule has 0 rings (SSSR count).